The fraction of sp³-hybridized carbons (Fsp3) is 0.250. The first kappa shape index (κ1) is 31.2. The summed E-state index contributed by atoms with van der Waals surface area (Å²) in [5.74, 6) is 0.749. The molecule has 244 valence electrons. The summed E-state index contributed by atoms with van der Waals surface area (Å²) in [6.45, 7) is 5.69. The molecule has 2 aliphatic rings. The second kappa shape index (κ2) is 13.7. The van der Waals surface area contributed by atoms with Crippen LogP contribution in [0, 0.1) is 5.95 Å². The van der Waals surface area contributed by atoms with E-state index in [2.05, 4.69) is 25.4 Å². The Bertz CT molecular complexity index is 1940. The van der Waals surface area contributed by atoms with Gasteiger partial charge in [0.1, 0.15) is 5.82 Å². The number of rotatable bonds is 6. The van der Waals surface area contributed by atoms with Crippen molar-refractivity contribution in [3.05, 3.63) is 96.6 Å². The first-order valence-corrected chi connectivity index (χ1v) is 15.9. The molecule has 0 atom stereocenters. The van der Waals surface area contributed by atoms with Crippen molar-refractivity contribution >= 4 is 40.0 Å². The van der Waals surface area contributed by atoms with Gasteiger partial charge in [0.05, 0.1) is 18.7 Å². The molecule has 3 aromatic carbocycles. The zero-order valence-corrected chi connectivity index (χ0v) is 26.5. The number of amides is 3. The summed E-state index contributed by atoms with van der Waals surface area (Å²) in [4.78, 5) is 45.5. The summed E-state index contributed by atoms with van der Waals surface area (Å²) in [6, 6.07) is 22.8. The zero-order valence-electron chi connectivity index (χ0n) is 26.5. The average molecular weight is 647 g/mol. The van der Waals surface area contributed by atoms with Gasteiger partial charge in [-0.1, -0.05) is 6.07 Å². The Hall–Kier alpha value is -5.46. The van der Waals surface area contributed by atoms with Gasteiger partial charge in [0.15, 0.2) is 5.82 Å². The maximum Gasteiger partial charge on any atom is 0.323 e. The fourth-order valence-corrected chi connectivity index (χ4v) is 5.91. The molecule has 0 saturated carbocycles. The van der Waals surface area contributed by atoms with Crippen molar-refractivity contribution in [2.45, 2.75) is 0 Å². The Kier molecular flexibility index (Phi) is 8.91. The van der Waals surface area contributed by atoms with Gasteiger partial charge in [-0.2, -0.15) is 4.39 Å². The van der Waals surface area contributed by atoms with E-state index in [4.69, 9.17) is 14.7 Å². The third-order valence-corrected chi connectivity index (χ3v) is 8.64. The van der Waals surface area contributed by atoms with E-state index in [1.165, 1.54) is 6.20 Å². The number of aromatic nitrogens is 3. The maximum absolute atomic E-state index is 14.5. The van der Waals surface area contributed by atoms with E-state index >= 15 is 0 Å². The van der Waals surface area contributed by atoms with Crippen molar-refractivity contribution in [3.63, 3.8) is 0 Å². The molecule has 11 nitrogen and oxygen atoms in total. The molecule has 2 fully saturated rings. The van der Waals surface area contributed by atoms with Gasteiger partial charge in [-0.3, -0.25) is 4.79 Å². The van der Waals surface area contributed by atoms with Gasteiger partial charge in [0.25, 0.3) is 5.91 Å². The van der Waals surface area contributed by atoms with Crippen molar-refractivity contribution < 1.29 is 18.7 Å². The standard InChI is InChI=1S/C36H35FN8O3/c1-43-15-17-45(18-16-43)35(46)25-6-11-28(12-7-25)40-36(47)39-27-9-4-24(5-10-27)33-41-31-23-26(29-3-2-14-38-32(29)37)8-13-30(31)34(42-33)44-19-21-48-22-20-44/h2-14,23H,15-22H2,1H3,(H2,39,40,47). The number of benzene rings is 3. The van der Waals surface area contributed by atoms with Crippen molar-refractivity contribution in [1.29, 1.82) is 0 Å². The van der Waals surface area contributed by atoms with Crippen LogP contribution in [0.1, 0.15) is 10.4 Å². The molecule has 0 bridgehead atoms. The molecule has 48 heavy (non-hydrogen) atoms. The number of fused-ring (bicyclic) bond motifs is 1. The van der Waals surface area contributed by atoms with Gasteiger partial charge >= 0.3 is 6.03 Å². The average Bonchev–Trinajstić information content (AvgIpc) is 3.12. The van der Waals surface area contributed by atoms with Crippen LogP contribution < -0.4 is 15.5 Å². The lowest BCUT2D eigenvalue weighted by Gasteiger charge is -2.32. The molecule has 0 radical (unpaired) electrons. The Labute approximate surface area is 277 Å². The van der Waals surface area contributed by atoms with Gasteiger partial charge < -0.3 is 30.1 Å². The van der Waals surface area contributed by atoms with Crippen LogP contribution in [-0.4, -0.2) is 96.2 Å². The van der Waals surface area contributed by atoms with Crippen molar-refractivity contribution in [1.82, 2.24) is 24.8 Å². The van der Waals surface area contributed by atoms with E-state index in [9.17, 15) is 14.0 Å². The first-order chi connectivity index (χ1) is 23.4. The summed E-state index contributed by atoms with van der Waals surface area (Å²) >= 11 is 0. The Morgan fingerprint density at radius 2 is 1.46 bits per heavy atom. The number of ether oxygens (including phenoxy) is 1. The highest BCUT2D eigenvalue weighted by atomic mass is 19.1. The number of halogens is 1. The summed E-state index contributed by atoms with van der Waals surface area (Å²) in [5.41, 5.74) is 4.26. The molecule has 5 aromatic rings. The lowest BCUT2D eigenvalue weighted by Crippen LogP contribution is -2.47. The van der Waals surface area contributed by atoms with Crippen LogP contribution in [-0.2, 0) is 4.74 Å². The fourth-order valence-electron chi connectivity index (χ4n) is 5.91. The Balaban J connectivity index is 1.07. The van der Waals surface area contributed by atoms with Gasteiger partial charge in [-0.25, -0.2) is 19.7 Å². The minimum atomic E-state index is -0.542. The number of morpholine rings is 1. The van der Waals surface area contributed by atoms with Gasteiger partial charge in [0, 0.05) is 78.9 Å². The number of likely N-dealkylation sites (N-methyl/N-ethyl adjacent to an activating group) is 1. The van der Waals surface area contributed by atoms with E-state index < -0.39 is 12.0 Å². The molecule has 7 rings (SSSR count). The third kappa shape index (κ3) is 6.80. The lowest BCUT2D eigenvalue weighted by molar-refractivity contribution is 0.0664. The molecule has 2 saturated heterocycles. The Morgan fingerprint density at radius 3 is 2.15 bits per heavy atom. The van der Waals surface area contributed by atoms with Crippen LogP contribution in [0.5, 0.6) is 0 Å². The summed E-state index contributed by atoms with van der Waals surface area (Å²) in [5, 5.41) is 6.53. The predicted octanol–water partition coefficient (Wildman–Crippen LogP) is 5.37. The smallest absolute Gasteiger partial charge is 0.323 e. The molecule has 2 aromatic heterocycles. The van der Waals surface area contributed by atoms with Gasteiger partial charge in [0.2, 0.25) is 5.95 Å². The number of nitrogens with zero attached hydrogens (tertiary/aromatic N) is 6. The highest BCUT2D eigenvalue weighted by molar-refractivity contribution is 6.01. The van der Waals surface area contributed by atoms with Crippen molar-refractivity contribution in [3.8, 4) is 22.5 Å². The highest BCUT2D eigenvalue weighted by Crippen LogP contribution is 2.32. The number of carbonyl (C=O) groups excluding carboxylic acids is 2. The zero-order chi connectivity index (χ0) is 33.0. The number of piperazine rings is 1. The monoisotopic (exact) mass is 646 g/mol. The second-order valence-electron chi connectivity index (χ2n) is 11.9. The third-order valence-electron chi connectivity index (χ3n) is 8.64. The Morgan fingerprint density at radius 1 is 0.792 bits per heavy atom. The lowest BCUT2D eigenvalue weighted by atomic mass is 10.0. The molecule has 0 unspecified atom stereocenters. The highest BCUT2D eigenvalue weighted by Gasteiger charge is 2.21. The maximum atomic E-state index is 14.5. The number of urea groups is 1. The number of hydrogen-bond acceptors (Lipinski definition) is 8. The molecule has 2 N–H and O–H groups in total. The number of anilines is 3. The van der Waals surface area contributed by atoms with Crippen LogP contribution in [0.25, 0.3) is 33.4 Å². The summed E-state index contributed by atoms with van der Waals surface area (Å²) in [6.07, 6.45) is 1.43. The molecule has 2 aliphatic heterocycles. The SMILES string of the molecule is CN1CCN(C(=O)c2ccc(NC(=O)Nc3ccc(-c4nc(N5CCOCC5)c5ccc(-c6cccnc6F)cc5n4)cc3)cc2)CC1. The minimum absolute atomic E-state index is 0.00511. The van der Waals surface area contributed by atoms with E-state index in [0.717, 1.165) is 29.9 Å². The van der Waals surface area contributed by atoms with Gasteiger partial charge in [-0.15, -0.1) is 0 Å². The molecular weight excluding hydrogens is 611 g/mol. The second-order valence-corrected chi connectivity index (χ2v) is 11.9. The molecule has 0 spiro atoms. The van der Waals surface area contributed by atoms with Crippen molar-refractivity contribution in [2.24, 2.45) is 0 Å². The van der Waals surface area contributed by atoms with E-state index in [0.29, 0.717) is 78.8 Å². The van der Waals surface area contributed by atoms with Crippen LogP contribution in [0.15, 0.2) is 85.1 Å². The van der Waals surface area contributed by atoms with Crippen LogP contribution in [0.3, 0.4) is 0 Å². The van der Waals surface area contributed by atoms with Crippen LogP contribution in [0.2, 0.25) is 0 Å². The van der Waals surface area contributed by atoms with Gasteiger partial charge in [-0.05, 0) is 85.4 Å². The number of nitrogens with one attached hydrogen (secondary N) is 2. The predicted molar refractivity (Wildman–Crippen MR) is 184 cm³/mol. The van der Waals surface area contributed by atoms with E-state index in [1.54, 1.807) is 48.5 Å². The van der Waals surface area contributed by atoms with Crippen molar-refractivity contribution in [2.75, 3.05) is 75.1 Å². The number of carbonyl (C=O) groups is 2. The first-order valence-electron chi connectivity index (χ1n) is 15.9. The van der Waals surface area contributed by atoms with E-state index in [-0.39, 0.29) is 5.91 Å². The molecule has 3 amide bonds. The number of hydrogen-bond donors (Lipinski definition) is 2. The summed E-state index contributed by atoms with van der Waals surface area (Å²) < 4.78 is 20.1. The minimum Gasteiger partial charge on any atom is -0.378 e. The largest absolute Gasteiger partial charge is 0.378 e. The van der Waals surface area contributed by atoms with Crippen LogP contribution in [0.4, 0.5) is 26.4 Å². The van der Waals surface area contributed by atoms with E-state index in [1.807, 2.05) is 42.3 Å². The molecular formula is C36H35FN8O3. The normalized spacial score (nSPS) is 15.4. The molecule has 0 aliphatic carbocycles. The topological polar surface area (TPSA) is 116 Å². The molecule has 12 heteroatoms. The van der Waals surface area contributed by atoms with Crippen LogP contribution >= 0.6 is 0 Å². The summed E-state index contributed by atoms with van der Waals surface area (Å²) in [7, 11) is 2.05. The molecule has 4 heterocycles. The quantitative estimate of drug-likeness (QED) is 0.237. The number of pyridine rings is 1.